The summed E-state index contributed by atoms with van der Waals surface area (Å²) in [4.78, 5) is 0. The second-order valence-electron chi connectivity index (χ2n) is 3.90. The number of thioether (sulfide) groups is 1. The minimum Gasteiger partial charge on any atom is -0.310 e. The van der Waals surface area contributed by atoms with Gasteiger partial charge in [0.15, 0.2) is 0 Å². The van der Waals surface area contributed by atoms with E-state index in [1.54, 1.807) is 0 Å². The van der Waals surface area contributed by atoms with Crippen molar-refractivity contribution in [3.63, 3.8) is 0 Å². The highest BCUT2D eigenvalue weighted by Gasteiger charge is 2.12. The molecule has 4 heteroatoms. The van der Waals surface area contributed by atoms with Gasteiger partial charge < -0.3 is 5.32 Å². The molecule has 0 radical (unpaired) electrons. The molecule has 0 aliphatic carbocycles. The van der Waals surface area contributed by atoms with Gasteiger partial charge in [-0.2, -0.15) is 11.8 Å². The van der Waals surface area contributed by atoms with Gasteiger partial charge in [0.05, 0.1) is 0 Å². The van der Waals surface area contributed by atoms with Crippen LogP contribution in [0.25, 0.3) is 0 Å². The van der Waals surface area contributed by atoms with Gasteiger partial charge in [-0.1, -0.05) is 28.1 Å². The number of hydrogen-bond acceptors (Lipinski definition) is 2. The SMILES string of the molecule is Brc1cccc(CNC2CCSCC2)c1.Cl. The summed E-state index contributed by atoms with van der Waals surface area (Å²) in [5.74, 6) is 2.63. The van der Waals surface area contributed by atoms with Crippen molar-refractivity contribution in [3.8, 4) is 0 Å². The summed E-state index contributed by atoms with van der Waals surface area (Å²) in [5.41, 5.74) is 1.36. The Labute approximate surface area is 116 Å². The summed E-state index contributed by atoms with van der Waals surface area (Å²) in [6.45, 7) is 0.995. The van der Waals surface area contributed by atoms with Crippen molar-refractivity contribution in [2.24, 2.45) is 0 Å². The Balaban J connectivity index is 0.00000128. The predicted molar refractivity (Wildman–Crippen MR) is 78.6 cm³/mol. The largest absolute Gasteiger partial charge is 0.310 e. The van der Waals surface area contributed by atoms with E-state index in [-0.39, 0.29) is 12.4 Å². The van der Waals surface area contributed by atoms with Gasteiger partial charge in [-0.15, -0.1) is 12.4 Å². The number of halogens is 2. The Kier molecular flexibility index (Phi) is 6.81. The molecule has 0 aromatic heterocycles. The topological polar surface area (TPSA) is 12.0 Å². The van der Waals surface area contributed by atoms with Crippen LogP contribution in [0, 0.1) is 0 Å². The van der Waals surface area contributed by atoms with E-state index in [2.05, 4.69) is 57.3 Å². The second kappa shape index (κ2) is 7.59. The van der Waals surface area contributed by atoms with Crippen LogP contribution in [0.15, 0.2) is 28.7 Å². The molecule has 2 rings (SSSR count). The van der Waals surface area contributed by atoms with Crippen molar-refractivity contribution < 1.29 is 0 Å². The normalized spacial score (nSPS) is 16.8. The van der Waals surface area contributed by atoms with E-state index in [0.717, 1.165) is 12.6 Å². The smallest absolute Gasteiger partial charge is 0.0208 e. The Morgan fingerprint density at radius 1 is 1.31 bits per heavy atom. The average molecular weight is 323 g/mol. The molecule has 1 heterocycles. The van der Waals surface area contributed by atoms with Crippen molar-refractivity contribution in [1.82, 2.24) is 5.32 Å². The number of nitrogens with one attached hydrogen (secondary N) is 1. The minimum atomic E-state index is 0. The van der Waals surface area contributed by atoms with Crippen LogP contribution < -0.4 is 5.32 Å². The lowest BCUT2D eigenvalue weighted by Gasteiger charge is -2.22. The van der Waals surface area contributed by atoms with Crippen molar-refractivity contribution in [1.29, 1.82) is 0 Å². The molecular weight excluding hydrogens is 306 g/mol. The molecular formula is C12H17BrClNS. The molecule has 1 aliphatic rings. The van der Waals surface area contributed by atoms with E-state index < -0.39 is 0 Å². The van der Waals surface area contributed by atoms with Crippen molar-refractivity contribution in [2.75, 3.05) is 11.5 Å². The van der Waals surface area contributed by atoms with E-state index in [0.29, 0.717) is 0 Å². The first-order chi connectivity index (χ1) is 7.34. The third kappa shape index (κ3) is 4.66. The lowest BCUT2D eigenvalue weighted by Crippen LogP contribution is -2.31. The highest BCUT2D eigenvalue weighted by Crippen LogP contribution is 2.18. The van der Waals surface area contributed by atoms with Crippen LogP contribution in [0.2, 0.25) is 0 Å². The summed E-state index contributed by atoms with van der Waals surface area (Å²) in [6, 6.07) is 9.25. The van der Waals surface area contributed by atoms with Crippen molar-refractivity contribution in [3.05, 3.63) is 34.3 Å². The fourth-order valence-corrected chi connectivity index (χ4v) is 3.36. The van der Waals surface area contributed by atoms with Crippen LogP contribution in [0.1, 0.15) is 18.4 Å². The molecule has 0 bridgehead atoms. The molecule has 1 N–H and O–H groups in total. The third-order valence-corrected chi connectivity index (χ3v) is 4.25. The molecule has 1 aromatic rings. The van der Waals surface area contributed by atoms with Gasteiger partial charge in [-0.3, -0.25) is 0 Å². The molecule has 16 heavy (non-hydrogen) atoms. The molecule has 0 unspecified atom stereocenters. The zero-order chi connectivity index (χ0) is 10.5. The summed E-state index contributed by atoms with van der Waals surface area (Å²) in [7, 11) is 0. The number of benzene rings is 1. The average Bonchev–Trinajstić information content (AvgIpc) is 2.28. The maximum absolute atomic E-state index is 3.63. The molecule has 1 aromatic carbocycles. The van der Waals surface area contributed by atoms with E-state index in [1.807, 2.05) is 0 Å². The Morgan fingerprint density at radius 3 is 2.75 bits per heavy atom. The minimum absolute atomic E-state index is 0. The Morgan fingerprint density at radius 2 is 2.06 bits per heavy atom. The van der Waals surface area contributed by atoms with Crippen LogP contribution in [0.3, 0.4) is 0 Å². The first-order valence-electron chi connectivity index (χ1n) is 5.40. The predicted octanol–water partition coefficient (Wildman–Crippen LogP) is 3.86. The van der Waals surface area contributed by atoms with Gasteiger partial charge in [-0.05, 0) is 42.0 Å². The van der Waals surface area contributed by atoms with Gasteiger partial charge in [0.1, 0.15) is 0 Å². The standard InChI is InChI=1S/C12H16BrNS.ClH/c13-11-3-1-2-10(8-11)9-14-12-4-6-15-7-5-12;/h1-3,8,12,14H,4-7,9H2;1H. The van der Waals surface area contributed by atoms with Crippen LogP contribution in [-0.2, 0) is 6.54 Å². The molecule has 0 amide bonds. The maximum atomic E-state index is 3.63. The Bertz CT molecular complexity index is 316. The van der Waals surface area contributed by atoms with Crippen LogP contribution >= 0.6 is 40.1 Å². The zero-order valence-electron chi connectivity index (χ0n) is 9.12. The Hall–Kier alpha value is 0.300. The van der Waals surface area contributed by atoms with E-state index in [9.17, 15) is 0 Å². The van der Waals surface area contributed by atoms with Crippen LogP contribution in [0.4, 0.5) is 0 Å². The van der Waals surface area contributed by atoms with Gasteiger partial charge in [0.25, 0.3) is 0 Å². The highest BCUT2D eigenvalue weighted by atomic mass is 79.9. The summed E-state index contributed by atoms with van der Waals surface area (Å²) < 4.78 is 1.17. The maximum Gasteiger partial charge on any atom is 0.0208 e. The lowest BCUT2D eigenvalue weighted by molar-refractivity contribution is 0.482. The fraction of sp³-hybridized carbons (Fsp3) is 0.500. The molecule has 0 atom stereocenters. The molecule has 0 spiro atoms. The lowest BCUT2D eigenvalue weighted by atomic mass is 10.1. The van der Waals surface area contributed by atoms with Gasteiger partial charge in [0.2, 0.25) is 0 Å². The number of hydrogen-bond donors (Lipinski definition) is 1. The molecule has 0 saturated carbocycles. The second-order valence-corrected chi connectivity index (χ2v) is 6.04. The molecule has 1 aliphatic heterocycles. The van der Waals surface area contributed by atoms with Crippen molar-refractivity contribution >= 4 is 40.1 Å². The van der Waals surface area contributed by atoms with E-state index >= 15 is 0 Å². The third-order valence-electron chi connectivity index (χ3n) is 2.71. The van der Waals surface area contributed by atoms with Crippen LogP contribution in [-0.4, -0.2) is 17.5 Å². The first-order valence-corrected chi connectivity index (χ1v) is 7.35. The van der Waals surface area contributed by atoms with Gasteiger partial charge in [-0.25, -0.2) is 0 Å². The monoisotopic (exact) mass is 321 g/mol. The molecule has 1 saturated heterocycles. The number of rotatable bonds is 3. The highest BCUT2D eigenvalue weighted by molar-refractivity contribution is 9.10. The van der Waals surface area contributed by atoms with Crippen LogP contribution in [0.5, 0.6) is 0 Å². The zero-order valence-corrected chi connectivity index (χ0v) is 12.3. The quantitative estimate of drug-likeness (QED) is 0.907. The molecule has 1 nitrogen and oxygen atoms in total. The molecule has 90 valence electrons. The molecule has 1 fully saturated rings. The van der Waals surface area contributed by atoms with E-state index in [4.69, 9.17) is 0 Å². The van der Waals surface area contributed by atoms with E-state index in [1.165, 1.54) is 34.4 Å². The van der Waals surface area contributed by atoms with Gasteiger partial charge in [0, 0.05) is 17.1 Å². The van der Waals surface area contributed by atoms with Gasteiger partial charge >= 0.3 is 0 Å². The summed E-state index contributed by atoms with van der Waals surface area (Å²) >= 11 is 5.57. The summed E-state index contributed by atoms with van der Waals surface area (Å²) in [6.07, 6.45) is 2.64. The fourth-order valence-electron chi connectivity index (χ4n) is 1.81. The first kappa shape index (κ1) is 14.4. The summed E-state index contributed by atoms with van der Waals surface area (Å²) in [5, 5.41) is 3.63. The van der Waals surface area contributed by atoms with Crippen molar-refractivity contribution in [2.45, 2.75) is 25.4 Å².